The first-order chi connectivity index (χ1) is 7.65. The predicted octanol–water partition coefficient (Wildman–Crippen LogP) is 2.28. The fourth-order valence-electron chi connectivity index (χ4n) is 1.66. The summed E-state index contributed by atoms with van der Waals surface area (Å²) in [5.41, 5.74) is 1.26. The van der Waals surface area contributed by atoms with E-state index in [1.54, 1.807) is 0 Å². The average molecular weight is 221 g/mol. The van der Waals surface area contributed by atoms with Gasteiger partial charge in [-0.05, 0) is 25.5 Å². The van der Waals surface area contributed by atoms with Crippen molar-refractivity contribution in [3.05, 3.63) is 23.9 Å². The number of nitrogens with zero attached hydrogens (tertiary/aromatic N) is 2. The van der Waals surface area contributed by atoms with Gasteiger partial charge in [-0.2, -0.15) is 0 Å². The van der Waals surface area contributed by atoms with E-state index in [1.165, 1.54) is 12.0 Å². The number of anilines is 1. The Balaban J connectivity index is 2.69. The minimum atomic E-state index is 0.735. The maximum absolute atomic E-state index is 4.46. The highest BCUT2D eigenvalue weighted by Crippen LogP contribution is 2.16. The molecule has 1 N–H and O–H groups in total. The number of rotatable bonds is 6. The molecule has 3 heteroatoms. The van der Waals surface area contributed by atoms with Gasteiger partial charge in [0, 0.05) is 31.9 Å². The fraction of sp³-hybridized carbons (Fsp3) is 0.615. The van der Waals surface area contributed by atoms with Crippen LogP contribution in [0.25, 0.3) is 0 Å². The number of pyridine rings is 1. The molecule has 0 aromatic carbocycles. The zero-order chi connectivity index (χ0) is 12.0. The van der Waals surface area contributed by atoms with Crippen molar-refractivity contribution in [2.75, 3.05) is 25.5 Å². The Bertz CT molecular complexity index is 310. The first-order valence-electron chi connectivity index (χ1n) is 5.94. The molecule has 0 radical (unpaired) electrons. The second-order valence-corrected chi connectivity index (χ2v) is 4.62. The van der Waals surface area contributed by atoms with Crippen LogP contribution in [0.15, 0.2) is 18.3 Å². The molecule has 1 aromatic rings. The molecule has 0 saturated carbocycles. The van der Waals surface area contributed by atoms with E-state index in [2.05, 4.69) is 42.2 Å². The molecule has 16 heavy (non-hydrogen) atoms. The molecule has 1 rings (SSSR count). The minimum Gasteiger partial charge on any atom is -0.359 e. The molecule has 1 heterocycles. The van der Waals surface area contributed by atoms with Gasteiger partial charge < -0.3 is 10.2 Å². The number of nitrogens with one attached hydrogen (secondary N) is 1. The van der Waals surface area contributed by atoms with Gasteiger partial charge in [-0.1, -0.05) is 19.9 Å². The predicted molar refractivity (Wildman–Crippen MR) is 69.7 cm³/mol. The molecule has 1 aromatic heterocycles. The van der Waals surface area contributed by atoms with Crippen molar-refractivity contribution in [3.8, 4) is 0 Å². The highest BCUT2D eigenvalue weighted by molar-refractivity contribution is 5.45. The first kappa shape index (κ1) is 13.0. The van der Waals surface area contributed by atoms with E-state index in [9.17, 15) is 0 Å². The zero-order valence-corrected chi connectivity index (χ0v) is 10.8. The van der Waals surface area contributed by atoms with Crippen molar-refractivity contribution in [1.82, 2.24) is 10.3 Å². The van der Waals surface area contributed by atoms with Crippen LogP contribution < -0.4 is 10.2 Å². The first-order valence-corrected chi connectivity index (χ1v) is 5.94. The lowest BCUT2D eigenvalue weighted by atomic mass is 10.1. The summed E-state index contributed by atoms with van der Waals surface area (Å²) in [4.78, 5) is 6.70. The van der Waals surface area contributed by atoms with Crippen LogP contribution in [-0.2, 0) is 6.54 Å². The molecule has 0 bridgehead atoms. The van der Waals surface area contributed by atoms with Crippen LogP contribution >= 0.6 is 0 Å². The fourth-order valence-corrected chi connectivity index (χ4v) is 1.66. The number of aromatic nitrogens is 1. The van der Waals surface area contributed by atoms with Gasteiger partial charge in [0.25, 0.3) is 0 Å². The molecule has 3 nitrogen and oxygen atoms in total. The standard InChI is InChI=1S/C13H23N3/c1-11(2)7-9-16(4)13-12(10-14-3)6-5-8-15-13/h5-6,8,11,14H,7,9-10H2,1-4H3. The summed E-state index contributed by atoms with van der Waals surface area (Å²) in [6, 6.07) is 4.12. The van der Waals surface area contributed by atoms with E-state index in [4.69, 9.17) is 0 Å². The van der Waals surface area contributed by atoms with E-state index in [0.29, 0.717) is 0 Å². The third-order valence-electron chi connectivity index (χ3n) is 2.64. The van der Waals surface area contributed by atoms with Gasteiger partial charge in [0.1, 0.15) is 5.82 Å². The summed E-state index contributed by atoms with van der Waals surface area (Å²) >= 11 is 0. The normalized spacial score (nSPS) is 10.8. The van der Waals surface area contributed by atoms with E-state index < -0.39 is 0 Å². The Morgan fingerprint density at radius 3 is 2.81 bits per heavy atom. The Morgan fingerprint density at radius 1 is 1.44 bits per heavy atom. The minimum absolute atomic E-state index is 0.735. The average Bonchev–Trinajstić information content (AvgIpc) is 2.27. The maximum Gasteiger partial charge on any atom is 0.132 e. The van der Waals surface area contributed by atoms with Crippen molar-refractivity contribution in [2.45, 2.75) is 26.8 Å². The van der Waals surface area contributed by atoms with Crippen molar-refractivity contribution >= 4 is 5.82 Å². The third-order valence-corrected chi connectivity index (χ3v) is 2.64. The van der Waals surface area contributed by atoms with Gasteiger partial charge in [0.2, 0.25) is 0 Å². The van der Waals surface area contributed by atoms with Crippen molar-refractivity contribution in [1.29, 1.82) is 0 Å². The van der Waals surface area contributed by atoms with Crippen LogP contribution in [0.4, 0.5) is 5.82 Å². The summed E-state index contributed by atoms with van der Waals surface area (Å²) in [7, 11) is 4.08. The molecule has 0 aliphatic carbocycles. The molecule has 90 valence electrons. The Labute approximate surface area is 98.9 Å². The lowest BCUT2D eigenvalue weighted by Crippen LogP contribution is -2.23. The van der Waals surface area contributed by atoms with Crippen molar-refractivity contribution in [2.24, 2.45) is 5.92 Å². The number of hydrogen-bond donors (Lipinski definition) is 1. The molecule has 0 spiro atoms. The second kappa shape index (κ2) is 6.48. The van der Waals surface area contributed by atoms with Crippen LogP contribution in [0.1, 0.15) is 25.8 Å². The van der Waals surface area contributed by atoms with Crippen LogP contribution in [0.2, 0.25) is 0 Å². The number of hydrogen-bond acceptors (Lipinski definition) is 3. The van der Waals surface area contributed by atoms with Crippen LogP contribution in [0.5, 0.6) is 0 Å². The Morgan fingerprint density at radius 2 is 2.19 bits per heavy atom. The zero-order valence-electron chi connectivity index (χ0n) is 10.8. The summed E-state index contributed by atoms with van der Waals surface area (Å²) in [6.45, 7) is 6.43. The Hall–Kier alpha value is -1.09. The molecule has 0 amide bonds. The lowest BCUT2D eigenvalue weighted by molar-refractivity contribution is 0.582. The van der Waals surface area contributed by atoms with Crippen molar-refractivity contribution in [3.63, 3.8) is 0 Å². The molecule has 0 unspecified atom stereocenters. The largest absolute Gasteiger partial charge is 0.359 e. The van der Waals surface area contributed by atoms with Crippen LogP contribution in [0.3, 0.4) is 0 Å². The maximum atomic E-state index is 4.46. The third kappa shape index (κ3) is 3.81. The lowest BCUT2D eigenvalue weighted by Gasteiger charge is -2.21. The van der Waals surface area contributed by atoms with Gasteiger partial charge >= 0.3 is 0 Å². The van der Waals surface area contributed by atoms with E-state index in [-0.39, 0.29) is 0 Å². The summed E-state index contributed by atoms with van der Waals surface area (Å²) in [5, 5.41) is 3.18. The molecule has 0 fully saturated rings. The summed E-state index contributed by atoms with van der Waals surface area (Å²) in [5.74, 6) is 1.83. The quantitative estimate of drug-likeness (QED) is 0.799. The van der Waals surface area contributed by atoms with Gasteiger partial charge in [-0.3, -0.25) is 0 Å². The van der Waals surface area contributed by atoms with Crippen LogP contribution in [-0.4, -0.2) is 25.6 Å². The topological polar surface area (TPSA) is 28.2 Å². The monoisotopic (exact) mass is 221 g/mol. The molecule has 0 saturated heterocycles. The molecular formula is C13H23N3. The smallest absolute Gasteiger partial charge is 0.132 e. The van der Waals surface area contributed by atoms with Gasteiger partial charge in [-0.25, -0.2) is 4.98 Å². The molecule has 0 atom stereocenters. The highest BCUT2D eigenvalue weighted by atomic mass is 15.2. The molecule has 0 aliphatic rings. The summed E-state index contributed by atoms with van der Waals surface area (Å²) in [6.07, 6.45) is 3.06. The second-order valence-electron chi connectivity index (χ2n) is 4.62. The van der Waals surface area contributed by atoms with E-state index in [1.807, 2.05) is 19.3 Å². The van der Waals surface area contributed by atoms with E-state index in [0.717, 1.165) is 24.8 Å². The van der Waals surface area contributed by atoms with Gasteiger partial charge in [-0.15, -0.1) is 0 Å². The van der Waals surface area contributed by atoms with Gasteiger partial charge in [0.05, 0.1) is 0 Å². The van der Waals surface area contributed by atoms with Crippen molar-refractivity contribution < 1.29 is 0 Å². The van der Waals surface area contributed by atoms with Crippen LogP contribution in [0, 0.1) is 5.92 Å². The van der Waals surface area contributed by atoms with Gasteiger partial charge in [0.15, 0.2) is 0 Å². The molecule has 0 aliphatic heterocycles. The Kier molecular flexibility index (Phi) is 5.26. The SMILES string of the molecule is CNCc1cccnc1N(C)CCC(C)C. The summed E-state index contributed by atoms with van der Waals surface area (Å²) < 4.78 is 0. The van der Waals surface area contributed by atoms with E-state index >= 15 is 0 Å². The molecular weight excluding hydrogens is 198 g/mol. The highest BCUT2D eigenvalue weighted by Gasteiger charge is 2.08.